The van der Waals surface area contributed by atoms with Gasteiger partial charge in [0.25, 0.3) is 0 Å². The number of nitrogens with zero attached hydrogens (tertiary/aromatic N) is 1. The summed E-state index contributed by atoms with van der Waals surface area (Å²) < 4.78 is 6.10. The number of carbonyl (C=O) groups is 2. The normalized spacial score (nSPS) is 11.7. The molecule has 0 heterocycles. The third kappa shape index (κ3) is 37.0. The quantitative estimate of drug-likeness (QED) is 0.0343. The highest BCUT2D eigenvalue weighted by Gasteiger charge is 2.20. The van der Waals surface area contributed by atoms with Crippen LogP contribution >= 0.6 is 0 Å². The zero-order chi connectivity index (χ0) is 32.4. The van der Waals surface area contributed by atoms with Crippen LogP contribution in [-0.4, -0.2) is 56.7 Å². The minimum Gasteiger partial charge on any atom is -1.00 e. The maximum atomic E-state index is 12.3. The van der Waals surface area contributed by atoms with E-state index in [9.17, 15) is 9.59 Å². The largest absolute Gasteiger partial charge is 1.00 e. The number of esters is 1. The monoisotopic (exact) mass is 655 g/mol. The summed E-state index contributed by atoms with van der Waals surface area (Å²) in [5.41, 5.74) is 0. The summed E-state index contributed by atoms with van der Waals surface area (Å²) in [4.78, 5) is 24.5. The van der Waals surface area contributed by atoms with Gasteiger partial charge in [0.05, 0.1) is 27.2 Å². The van der Waals surface area contributed by atoms with E-state index in [4.69, 9.17) is 4.74 Å². The SMILES string of the molecule is CCCCCC=CCC=CCCCCCCCC(=O)NCCC[N+](C)(C)CC(=O)OCCCCCCCCCCCCCC.[Cl-]. The molecular formula is C39H75ClN2O3. The van der Waals surface area contributed by atoms with Crippen molar-refractivity contribution in [3.05, 3.63) is 24.3 Å². The number of amides is 1. The third-order valence-electron chi connectivity index (χ3n) is 8.43. The summed E-state index contributed by atoms with van der Waals surface area (Å²) in [5.74, 6) is 0.0475. The van der Waals surface area contributed by atoms with E-state index in [1.54, 1.807) is 0 Å². The Morgan fingerprint density at radius 1 is 0.600 bits per heavy atom. The van der Waals surface area contributed by atoms with Gasteiger partial charge in [-0.15, -0.1) is 0 Å². The summed E-state index contributed by atoms with van der Waals surface area (Å²) in [5, 5.41) is 3.06. The van der Waals surface area contributed by atoms with Gasteiger partial charge in [0.2, 0.25) is 5.91 Å². The van der Waals surface area contributed by atoms with Crippen molar-refractivity contribution in [1.29, 1.82) is 0 Å². The molecule has 0 aromatic rings. The molecule has 0 radical (unpaired) electrons. The molecule has 5 nitrogen and oxygen atoms in total. The van der Waals surface area contributed by atoms with Gasteiger partial charge in [0, 0.05) is 19.4 Å². The van der Waals surface area contributed by atoms with Gasteiger partial charge < -0.3 is 26.9 Å². The molecule has 0 spiro atoms. The standard InChI is InChI=1S/C39H74N2O3.ClH/c1-5-7-9-11-13-15-17-19-20-21-22-24-26-28-30-33-38(42)40-34-32-35-41(3,4)37-39(43)44-36-31-29-27-25-23-18-16-14-12-10-8-6-2;/h13,15,19-20H,5-12,14,16-18,21-37H2,1-4H3;1H. The minimum absolute atomic E-state index is 0. The molecule has 6 heteroatoms. The second-order valence-electron chi connectivity index (χ2n) is 13.6. The van der Waals surface area contributed by atoms with Crippen molar-refractivity contribution in [2.45, 2.75) is 174 Å². The number of halogens is 1. The molecule has 0 aliphatic carbocycles. The molecule has 0 aromatic carbocycles. The minimum atomic E-state index is -0.108. The highest BCUT2D eigenvalue weighted by Crippen LogP contribution is 2.12. The van der Waals surface area contributed by atoms with E-state index in [1.807, 2.05) is 0 Å². The molecule has 1 N–H and O–H groups in total. The Hall–Kier alpha value is -1.33. The van der Waals surface area contributed by atoms with Gasteiger partial charge in [-0.2, -0.15) is 0 Å². The Morgan fingerprint density at radius 2 is 1.07 bits per heavy atom. The lowest BCUT2D eigenvalue weighted by Crippen LogP contribution is -3.00. The first-order chi connectivity index (χ1) is 21.4. The zero-order valence-electron chi connectivity index (χ0n) is 30.4. The van der Waals surface area contributed by atoms with E-state index in [-0.39, 0.29) is 24.3 Å². The number of nitrogens with one attached hydrogen (secondary N) is 1. The summed E-state index contributed by atoms with van der Waals surface area (Å²) in [7, 11) is 4.13. The third-order valence-corrected chi connectivity index (χ3v) is 8.43. The van der Waals surface area contributed by atoms with Crippen molar-refractivity contribution >= 4 is 11.9 Å². The first kappa shape index (κ1) is 45.8. The summed E-state index contributed by atoms with van der Waals surface area (Å²) in [6.07, 6.45) is 39.5. The molecule has 0 aliphatic heterocycles. The van der Waals surface area contributed by atoms with Crippen LogP contribution in [0.5, 0.6) is 0 Å². The van der Waals surface area contributed by atoms with Gasteiger partial charge >= 0.3 is 5.97 Å². The second kappa shape index (κ2) is 35.5. The molecule has 0 atom stereocenters. The fourth-order valence-corrected chi connectivity index (χ4v) is 5.52. The fourth-order valence-electron chi connectivity index (χ4n) is 5.52. The Balaban J connectivity index is 0. The van der Waals surface area contributed by atoms with Crippen molar-refractivity contribution in [2.75, 3.05) is 40.3 Å². The van der Waals surface area contributed by atoms with Crippen molar-refractivity contribution < 1.29 is 31.2 Å². The molecule has 0 saturated carbocycles. The van der Waals surface area contributed by atoms with Gasteiger partial charge in [-0.1, -0.05) is 141 Å². The van der Waals surface area contributed by atoms with Crippen molar-refractivity contribution in [2.24, 2.45) is 0 Å². The number of hydrogen-bond donors (Lipinski definition) is 1. The number of unbranched alkanes of at least 4 members (excludes halogenated alkanes) is 19. The average Bonchev–Trinajstić information content (AvgIpc) is 2.99. The van der Waals surface area contributed by atoms with Crippen LogP contribution in [0, 0.1) is 0 Å². The van der Waals surface area contributed by atoms with Gasteiger partial charge in [-0.25, -0.2) is 4.79 Å². The van der Waals surface area contributed by atoms with Crippen LogP contribution in [0.1, 0.15) is 174 Å². The predicted molar refractivity (Wildman–Crippen MR) is 191 cm³/mol. The van der Waals surface area contributed by atoms with Crippen LogP contribution in [0.4, 0.5) is 0 Å². The Morgan fingerprint density at radius 3 is 1.64 bits per heavy atom. The van der Waals surface area contributed by atoms with Gasteiger partial charge in [-0.05, 0) is 44.9 Å². The smallest absolute Gasteiger partial charge is 0.361 e. The Kier molecular flexibility index (Phi) is 36.1. The Bertz CT molecular complexity index is 708. The molecule has 0 bridgehead atoms. The first-order valence-corrected chi connectivity index (χ1v) is 19.0. The van der Waals surface area contributed by atoms with E-state index >= 15 is 0 Å². The molecule has 0 fully saturated rings. The molecule has 266 valence electrons. The Labute approximate surface area is 286 Å². The molecule has 0 aromatic heterocycles. The van der Waals surface area contributed by atoms with Crippen LogP contribution in [0.25, 0.3) is 0 Å². The van der Waals surface area contributed by atoms with Gasteiger partial charge in [0.15, 0.2) is 6.54 Å². The van der Waals surface area contributed by atoms with E-state index in [2.05, 4.69) is 57.6 Å². The lowest BCUT2D eigenvalue weighted by Gasteiger charge is -2.28. The maximum Gasteiger partial charge on any atom is 0.361 e. The summed E-state index contributed by atoms with van der Waals surface area (Å²) >= 11 is 0. The lowest BCUT2D eigenvalue weighted by molar-refractivity contribution is -0.883. The number of allylic oxidation sites excluding steroid dienone is 4. The number of rotatable bonds is 33. The predicted octanol–water partition coefficient (Wildman–Crippen LogP) is 7.63. The zero-order valence-corrected chi connectivity index (χ0v) is 31.1. The van der Waals surface area contributed by atoms with Crippen LogP contribution in [0.3, 0.4) is 0 Å². The maximum absolute atomic E-state index is 12.3. The van der Waals surface area contributed by atoms with E-state index in [0.29, 0.717) is 30.6 Å². The molecular weight excluding hydrogens is 580 g/mol. The topological polar surface area (TPSA) is 55.4 Å². The molecule has 0 rings (SSSR count). The van der Waals surface area contributed by atoms with Gasteiger partial charge in [0.1, 0.15) is 0 Å². The number of quaternary nitrogens is 1. The highest BCUT2D eigenvalue weighted by atomic mass is 35.5. The fraction of sp³-hybridized carbons (Fsp3) is 0.846. The van der Waals surface area contributed by atoms with Crippen LogP contribution < -0.4 is 17.7 Å². The first-order valence-electron chi connectivity index (χ1n) is 19.0. The molecule has 45 heavy (non-hydrogen) atoms. The van der Waals surface area contributed by atoms with Crippen LogP contribution in [-0.2, 0) is 14.3 Å². The summed E-state index contributed by atoms with van der Waals surface area (Å²) in [6, 6.07) is 0. The number of likely N-dealkylation sites (N-methyl/N-ethyl adjacent to an activating group) is 1. The molecule has 1 amide bonds. The number of hydrogen-bond acceptors (Lipinski definition) is 3. The van der Waals surface area contributed by atoms with E-state index < -0.39 is 0 Å². The van der Waals surface area contributed by atoms with Crippen molar-refractivity contribution in [3.63, 3.8) is 0 Å². The summed E-state index contributed by atoms with van der Waals surface area (Å²) in [6.45, 7) is 6.97. The molecule has 0 aliphatic rings. The molecule has 0 unspecified atom stereocenters. The van der Waals surface area contributed by atoms with Crippen molar-refractivity contribution in [3.8, 4) is 0 Å². The highest BCUT2D eigenvalue weighted by molar-refractivity contribution is 5.75. The van der Waals surface area contributed by atoms with Crippen molar-refractivity contribution in [1.82, 2.24) is 5.32 Å². The van der Waals surface area contributed by atoms with Gasteiger partial charge in [-0.3, -0.25) is 4.79 Å². The second-order valence-corrected chi connectivity index (χ2v) is 13.6. The van der Waals surface area contributed by atoms with Crippen LogP contribution in [0.15, 0.2) is 24.3 Å². The number of ether oxygens (including phenoxy) is 1. The number of carbonyl (C=O) groups excluding carboxylic acids is 2. The van der Waals surface area contributed by atoms with E-state index in [0.717, 1.165) is 51.5 Å². The van der Waals surface area contributed by atoms with E-state index in [1.165, 1.54) is 109 Å². The average molecular weight is 655 g/mol. The lowest BCUT2D eigenvalue weighted by atomic mass is 10.1. The molecule has 0 saturated heterocycles. The van der Waals surface area contributed by atoms with Crippen LogP contribution in [0.2, 0.25) is 0 Å².